The molecule has 2 saturated heterocycles. The van der Waals surface area contributed by atoms with Crippen molar-refractivity contribution in [2.45, 2.75) is 12.1 Å². The maximum Gasteiger partial charge on any atom is 0.321 e. The Kier molecular flexibility index (Phi) is 5.38. The minimum absolute atomic E-state index is 0.0693. The Hall–Kier alpha value is -2.34. The number of morpholine rings is 1. The summed E-state index contributed by atoms with van der Waals surface area (Å²) < 4.78 is 10.4. The van der Waals surface area contributed by atoms with Crippen LogP contribution in [-0.4, -0.2) is 79.6 Å². The number of hydrogen-bond acceptors (Lipinski definition) is 6. The highest BCUT2D eigenvalue weighted by atomic mass is 16.5. The summed E-state index contributed by atoms with van der Waals surface area (Å²) >= 11 is 0. The lowest BCUT2D eigenvalue weighted by atomic mass is 10.2. The molecule has 134 valence electrons. The van der Waals surface area contributed by atoms with E-state index in [2.05, 4.69) is 10.2 Å². The van der Waals surface area contributed by atoms with Crippen LogP contribution in [0.3, 0.4) is 0 Å². The van der Waals surface area contributed by atoms with Gasteiger partial charge in [-0.25, -0.2) is 4.79 Å². The number of likely N-dealkylation sites (tertiary alicyclic amines) is 1. The summed E-state index contributed by atoms with van der Waals surface area (Å²) in [7, 11) is 1.49. The molecule has 2 aliphatic heterocycles. The van der Waals surface area contributed by atoms with E-state index in [1.165, 1.54) is 7.11 Å². The number of amides is 2. The molecule has 0 aromatic heterocycles. The van der Waals surface area contributed by atoms with Gasteiger partial charge in [-0.3, -0.25) is 4.90 Å². The number of carbonyl (C=O) groups excluding carboxylic acids is 1. The van der Waals surface area contributed by atoms with Crippen molar-refractivity contribution in [2.24, 2.45) is 0 Å². The number of nitrogens with zero attached hydrogens (tertiary/aromatic N) is 3. The number of urea groups is 1. The second kappa shape index (κ2) is 7.70. The molecule has 2 N–H and O–H groups in total. The van der Waals surface area contributed by atoms with Crippen LogP contribution in [0, 0.1) is 11.3 Å². The fourth-order valence-electron chi connectivity index (χ4n) is 3.28. The molecule has 3 rings (SSSR count). The van der Waals surface area contributed by atoms with Crippen LogP contribution in [0.4, 0.5) is 10.5 Å². The van der Waals surface area contributed by atoms with Crippen LogP contribution in [0.15, 0.2) is 18.2 Å². The van der Waals surface area contributed by atoms with Gasteiger partial charge in [0.15, 0.2) is 0 Å². The smallest absolute Gasteiger partial charge is 0.321 e. The highest BCUT2D eigenvalue weighted by molar-refractivity contribution is 5.90. The number of nitriles is 1. The van der Waals surface area contributed by atoms with Crippen molar-refractivity contribution in [3.63, 3.8) is 0 Å². The average molecular weight is 346 g/mol. The molecule has 1 aromatic carbocycles. The molecule has 8 heteroatoms. The summed E-state index contributed by atoms with van der Waals surface area (Å²) in [6, 6.07) is 6.58. The largest absolute Gasteiger partial charge is 0.495 e. The monoisotopic (exact) mass is 346 g/mol. The molecule has 2 aliphatic rings. The zero-order chi connectivity index (χ0) is 17.8. The first kappa shape index (κ1) is 17.5. The van der Waals surface area contributed by atoms with Crippen LogP contribution in [-0.2, 0) is 4.74 Å². The number of rotatable bonds is 3. The molecule has 0 saturated carbocycles. The summed E-state index contributed by atoms with van der Waals surface area (Å²) in [5.41, 5.74) is 0.875. The predicted octanol–water partition coefficient (Wildman–Crippen LogP) is 0.476. The zero-order valence-corrected chi connectivity index (χ0v) is 14.1. The van der Waals surface area contributed by atoms with Crippen LogP contribution in [0.1, 0.15) is 5.56 Å². The van der Waals surface area contributed by atoms with E-state index in [1.54, 1.807) is 23.1 Å². The van der Waals surface area contributed by atoms with Crippen LogP contribution in [0.5, 0.6) is 5.75 Å². The van der Waals surface area contributed by atoms with Gasteiger partial charge in [0.25, 0.3) is 0 Å². The van der Waals surface area contributed by atoms with E-state index in [4.69, 9.17) is 14.7 Å². The summed E-state index contributed by atoms with van der Waals surface area (Å²) in [6.07, 6.45) is -0.575. The topological polar surface area (TPSA) is 98.1 Å². The molecule has 2 fully saturated rings. The number of hydrogen-bond donors (Lipinski definition) is 2. The number of anilines is 1. The van der Waals surface area contributed by atoms with E-state index in [-0.39, 0.29) is 18.6 Å². The summed E-state index contributed by atoms with van der Waals surface area (Å²) in [6.45, 7) is 3.59. The summed E-state index contributed by atoms with van der Waals surface area (Å²) in [5, 5.41) is 22.2. The summed E-state index contributed by atoms with van der Waals surface area (Å²) in [5.74, 6) is 0.462. The average Bonchev–Trinajstić information content (AvgIpc) is 3.04. The molecular weight excluding hydrogens is 324 g/mol. The summed E-state index contributed by atoms with van der Waals surface area (Å²) in [4.78, 5) is 16.3. The van der Waals surface area contributed by atoms with Gasteiger partial charge < -0.3 is 24.8 Å². The molecule has 8 nitrogen and oxygen atoms in total. The lowest BCUT2D eigenvalue weighted by Crippen LogP contribution is -2.49. The first-order valence-electron chi connectivity index (χ1n) is 8.26. The van der Waals surface area contributed by atoms with Gasteiger partial charge in [0, 0.05) is 25.3 Å². The minimum Gasteiger partial charge on any atom is -0.495 e. The van der Waals surface area contributed by atoms with E-state index in [0.717, 1.165) is 13.1 Å². The number of ether oxygens (including phenoxy) is 2. The van der Waals surface area contributed by atoms with Crippen LogP contribution >= 0.6 is 0 Å². The second-order valence-electron chi connectivity index (χ2n) is 6.15. The first-order valence-corrected chi connectivity index (χ1v) is 8.26. The third kappa shape index (κ3) is 3.85. The lowest BCUT2D eigenvalue weighted by Gasteiger charge is -2.33. The number of β-amino-alcohol motifs (C(OH)–C–C–N with tert-alkyl or cyclic N) is 1. The normalized spacial score (nSPS) is 24.0. The molecule has 2 heterocycles. The minimum atomic E-state index is -0.575. The van der Waals surface area contributed by atoms with E-state index in [9.17, 15) is 9.90 Å². The number of aliphatic hydroxyl groups excluding tert-OH is 1. The van der Waals surface area contributed by atoms with Crippen LogP contribution in [0.2, 0.25) is 0 Å². The van der Waals surface area contributed by atoms with Crippen molar-refractivity contribution in [1.82, 2.24) is 9.80 Å². The quantitative estimate of drug-likeness (QED) is 0.826. The van der Waals surface area contributed by atoms with E-state index in [0.29, 0.717) is 36.8 Å². The number of methoxy groups -OCH3 is 1. The number of nitrogens with one attached hydrogen (secondary N) is 1. The maximum absolute atomic E-state index is 12.5. The Labute approximate surface area is 146 Å². The Morgan fingerprint density at radius 3 is 2.84 bits per heavy atom. The molecule has 1 aromatic rings. The predicted molar refractivity (Wildman–Crippen MR) is 90.5 cm³/mol. The number of benzene rings is 1. The third-order valence-electron chi connectivity index (χ3n) is 4.63. The Morgan fingerprint density at radius 1 is 1.40 bits per heavy atom. The number of aliphatic hydroxyl groups is 1. The van der Waals surface area contributed by atoms with Gasteiger partial charge in [-0.15, -0.1) is 0 Å². The van der Waals surface area contributed by atoms with Crippen LogP contribution < -0.4 is 10.1 Å². The van der Waals surface area contributed by atoms with Gasteiger partial charge in [-0.1, -0.05) is 0 Å². The highest BCUT2D eigenvalue weighted by Gasteiger charge is 2.38. The van der Waals surface area contributed by atoms with Crippen molar-refractivity contribution < 1.29 is 19.4 Å². The van der Waals surface area contributed by atoms with E-state index < -0.39 is 6.10 Å². The third-order valence-corrected chi connectivity index (χ3v) is 4.63. The Morgan fingerprint density at radius 2 is 2.16 bits per heavy atom. The molecule has 25 heavy (non-hydrogen) atoms. The second-order valence-corrected chi connectivity index (χ2v) is 6.15. The molecule has 2 atom stereocenters. The zero-order valence-electron chi connectivity index (χ0n) is 14.1. The Balaban J connectivity index is 1.63. The highest BCUT2D eigenvalue weighted by Crippen LogP contribution is 2.23. The molecule has 0 bridgehead atoms. The van der Waals surface area contributed by atoms with E-state index >= 15 is 0 Å². The number of carbonyl (C=O) groups is 1. The molecular formula is C17H22N4O4. The molecule has 0 unspecified atom stereocenters. The van der Waals surface area contributed by atoms with Gasteiger partial charge >= 0.3 is 6.03 Å². The van der Waals surface area contributed by atoms with Gasteiger partial charge in [0.2, 0.25) is 0 Å². The molecule has 2 amide bonds. The van der Waals surface area contributed by atoms with E-state index in [1.807, 2.05) is 6.07 Å². The van der Waals surface area contributed by atoms with Crippen molar-refractivity contribution >= 4 is 11.7 Å². The lowest BCUT2D eigenvalue weighted by molar-refractivity contribution is -0.00607. The fraction of sp³-hybridized carbons (Fsp3) is 0.529. The SMILES string of the molecule is COc1ccc(NC(=O)N2C[C@@H](O)[C@H](N3CCOCC3)C2)cc1C#N. The molecule has 0 radical (unpaired) electrons. The van der Waals surface area contributed by atoms with Gasteiger partial charge in [-0.2, -0.15) is 5.26 Å². The fourth-order valence-corrected chi connectivity index (χ4v) is 3.28. The van der Waals surface area contributed by atoms with Crippen molar-refractivity contribution in [2.75, 3.05) is 51.8 Å². The van der Waals surface area contributed by atoms with Gasteiger partial charge in [0.1, 0.15) is 11.8 Å². The first-order chi connectivity index (χ1) is 12.1. The standard InChI is InChI=1S/C17H22N4O4/c1-24-16-3-2-13(8-12(16)9-18)19-17(23)21-10-14(15(22)11-21)20-4-6-25-7-5-20/h2-3,8,14-15,22H,4-7,10-11H2,1H3,(H,19,23)/t14-,15-/m1/s1. The van der Waals surface area contributed by atoms with Crippen molar-refractivity contribution in [3.05, 3.63) is 23.8 Å². The maximum atomic E-state index is 12.5. The van der Waals surface area contributed by atoms with Crippen LogP contribution in [0.25, 0.3) is 0 Å². The Bertz CT molecular complexity index is 669. The van der Waals surface area contributed by atoms with Gasteiger partial charge in [0.05, 0.1) is 44.6 Å². The van der Waals surface area contributed by atoms with Gasteiger partial charge in [-0.05, 0) is 18.2 Å². The van der Waals surface area contributed by atoms with Crippen molar-refractivity contribution in [3.8, 4) is 11.8 Å². The van der Waals surface area contributed by atoms with Crippen molar-refractivity contribution in [1.29, 1.82) is 5.26 Å². The molecule has 0 aliphatic carbocycles. The molecule has 0 spiro atoms.